The minimum Gasteiger partial charge on any atom is -0.497 e. The van der Waals surface area contributed by atoms with E-state index in [1.54, 1.807) is 26.5 Å². The molecule has 0 aliphatic heterocycles. The molecule has 0 radical (unpaired) electrons. The van der Waals surface area contributed by atoms with Gasteiger partial charge >= 0.3 is 0 Å². The van der Waals surface area contributed by atoms with Gasteiger partial charge in [-0.05, 0) is 12.1 Å². The molecule has 0 atom stereocenters. The van der Waals surface area contributed by atoms with Crippen LogP contribution in [0.2, 0.25) is 0 Å². The van der Waals surface area contributed by atoms with Gasteiger partial charge < -0.3 is 14.8 Å². The maximum absolute atomic E-state index is 11.8. The number of nitrogens with zero attached hydrogens (tertiary/aromatic N) is 1. The molecule has 0 aliphatic rings. The Kier molecular flexibility index (Phi) is 4.02. The topological polar surface area (TPSA) is 76.2 Å². The van der Waals surface area contributed by atoms with Gasteiger partial charge in [-0.15, -0.1) is 0 Å². The van der Waals surface area contributed by atoms with Crippen LogP contribution in [-0.2, 0) is 6.54 Å². The van der Waals surface area contributed by atoms with E-state index in [0.717, 1.165) is 5.56 Å². The van der Waals surface area contributed by atoms with Crippen molar-refractivity contribution in [2.24, 2.45) is 0 Å². The third kappa shape index (κ3) is 3.04. The lowest BCUT2D eigenvalue weighted by molar-refractivity contribution is 0.0951. The Morgan fingerprint density at radius 2 is 2.21 bits per heavy atom. The van der Waals surface area contributed by atoms with Crippen LogP contribution < -0.4 is 14.8 Å². The molecule has 1 amide bonds. The number of ether oxygens (including phenoxy) is 2. The third-order valence-electron chi connectivity index (χ3n) is 2.69. The van der Waals surface area contributed by atoms with Crippen molar-refractivity contribution in [3.63, 3.8) is 0 Å². The maximum Gasteiger partial charge on any atom is 0.254 e. The van der Waals surface area contributed by atoms with Gasteiger partial charge in [0, 0.05) is 24.4 Å². The van der Waals surface area contributed by atoms with E-state index in [0.29, 0.717) is 23.6 Å². The number of carbonyl (C=O) groups excluding carboxylic acids is 1. The standard InChI is InChI=1S/C13H15N3O3/c1-18-11-4-3-9(12(5-11)19-2)6-14-13(17)10-7-15-16-8-10/h3-5,7-8H,6H2,1-2H3,(H,14,17)(H,15,16). The van der Waals surface area contributed by atoms with Gasteiger partial charge in [-0.2, -0.15) is 5.10 Å². The van der Waals surface area contributed by atoms with Crippen molar-refractivity contribution in [3.8, 4) is 11.5 Å². The second kappa shape index (κ2) is 5.90. The molecule has 0 saturated heterocycles. The Morgan fingerprint density at radius 3 is 2.84 bits per heavy atom. The zero-order valence-corrected chi connectivity index (χ0v) is 10.8. The normalized spacial score (nSPS) is 10.0. The molecular formula is C13H15N3O3. The highest BCUT2D eigenvalue weighted by Crippen LogP contribution is 2.24. The zero-order valence-electron chi connectivity index (χ0n) is 10.8. The van der Waals surface area contributed by atoms with Gasteiger partial charge in [0.25, 0.3) is 5.91 Å². The van der Waals surface area contributed by atoms with Crippen LogP contribution in [0.1, 0.15) is 15.9 Å². The Morgan fingerprint density at radius 1 is 1.37 bits per heavy atom. The highest BCUT2D eigenvalue weighted by atomic mass is 16.5. The summed E-state index contributed by atoms with van der Waals surface area (Å²) in [5.74, 6) is 1.19. The van der Waals surface area contributed by atoms with E-state index in [-0.39, 0.29) is 5.91 Å². The number of aromatic nitrogens is 2. The van der Waals surface area contributed by atoms with Crippen LogP contribution in [0.25, 0.3) is 0 Å². The number of amides is 1. The van der Waals surface area contributed by atoms with E-state index in [9.17, 15) is 4.79 Å². The molecule has 1 aromatic heterocycles. The first-order valence-electron chi connectivity index (χ1n) is 5.72. The summed E-state index contributed by atoms with van der Waals surface area (Å²) >= 11 is 0. The minimum atomic E-state index is -0.188. The summed E-state index contributed by atoms with van der Waals surface area (Å²) in [7, 11) is 3.17. The predicted molar refractivity (Wildman–Crippen MR) is 69.3 cm³/mol. The molecule has 0 unspecified atom stereocenters. The molecule has 0 fully saturated rings. The van der Waals surface area contributed by atoms with Gasteiger partial charge in [-0.25, -0.2) is 0 Å². The molecule has 0 bridgehead atoms. The zero-order chi connectivity index (χ0) is 13.7. The fourth-order valence-electron chi connectivity index (χ4n) is 1.65. The molecule has 0 spiro atoms. The summed E-state index contributed by atoms with van der Waals surface area (Å²) in [6.07, 6.45) is 3.02. The van der Waals surface area contributed by atoms with E-state index < -0.39 is 0 Å². The molecule has 1 aromatic carbocycles. The van der Waals surface area contributed by atoms with Crippen LogP contribution in [0.4, 0.5) is 0 Å². The van der Waals surface area contributed by atoms with E-state index in [2.05, 4.69) is 15.5 Å². The average Bonchev–Trinajstić information content (AvgIpc) is 2.98. The second-order valence-corrected chi connectivity index (χ2v) is 3.85. The summed E-state index contributed by atoms with van der Waals surface area (Å²) < 4.78 is 10.4. The SMILES string of the molecule is COc1ccc(CNC(=O)c2cn[nH]c2)c(OC)c1. The first-order chi connectivity index (χ1) is 9.24. The maximum atomic E-state index is 11.8. The Balaban J connectivity index is 2.05. The summed E-state index contributed by atoms with van der Waals surface area (Å²) in [5.41, 5.74) is 1.37. The van der Waals surface area contributed by atoms with Crippen molar-refractivity contribution in [1.29, 1.82) is 0 Å². The van der Waals surface area contributed by atoms with Crippen LogP contribution in [0, 0.1) is 0 Å². The average molecular weight is 261 g/mol. The Hall–Kier alpha value is -2.50. The first-order valence-corrected chi connectivity index (χ1v) is 5.72. The number of hydrogen-bond acceptors (Lipinski definition) is 4. The van der Waals surface area contributed by atoms with Crippen LogP contribution in [0.3, 0.4) is 0 Å². The van der Waals surface area contributed by atoms with E-state index in [1.165, 1.54) is 6.20 Å². The van der Waals surface area contributed by atoms with E-state index >= 15 is 0 Å². The predicted octanol–water partition coefficient (Wildman–Crippen LogP) is 1.36. The fraction of sp³-hybridized carbons (Fsp3) is 0.231. The van der Waals surface area contributed by atoms with Crippen molar-refractivity contribution >= 4 is 5.91 Å². The lowest BCUT2D eigenvalue weighted by Gasteiger charge is -2.10. The highest BCUT2D eigenvalue weighted by Gasteiger charge is 2.09. The number of methoxy groups -OCH3 is 2. The molecule has 6 heteroatoms. The number of carbonyl (C=O) groups is 1. The van der Waals surface area contributed by atoms with Gasteiger partial charge in [0.05, 0.1) is 26.0 Å². The monoisotopic (exact) mass is 261 g/mol. The summed E-state index contributed by atoms with van der Waals surface area (Å²) in [6, 6.07) is 5.45. The van der Waals surface area contributed by atoms with Crippen molar-refractivity contribution in [1.82, 2.24) is 15.5 Å². The van der Waals surface area contributed by atoms with Gasteiger partial charge in [0.1, 0.15) is 11.5 Å². The van der Waals surface area contributed by atoms with Crippen molar-refractivity contribution in [2.75, 3.05) is 14.2 Å². The van der Waals surface area contributed by atoms with E-state index in [1.807, 2.05) is 12.1 Å². The molecule has 0 aliphatic carbocycles. The molecule has 2 N–H and O–H groups in total. The number of rotatable bonds is 5. The summed E-state index contributed by atoms with van der Waals surface area (Å²) in [5, 5.41) is 9.12. The third-order valence-corrected chi connectivity index (χ3v) is 2.69. The van der Waals surface area contributed by atoms with Crippen molar-refractivity contribution in [3.05, 3.63) is 41.7 Å². The van der Waals surface area contributed by atoms with Crippen LogP contribution in [0.15, 0.2) is 30.6 Å². The van der Waals surface area contributed by atoms with Crippen LogP contribution in [0.5, 0.6) is 11.5 Å². The van der Waals surface area contributed by atoms with Gasteiger partial charge in [0.2, 0.25) is 0 Å². The molecule has 1 heterocycles. The number of hydrogen-bond donors (Lipinski definition) is 2. The summed E-state index contributed by atoms with van der Waals surface area (Å²) in [4.78, 5) is 11.8. The molecular weight excluding hydrogens is 246 g/mol. The number of nitrogens with one attached hydrogen (secondary N) is 2. The highest BCUT2D eigenvalue weighted by molar-refractivity contribution is 5.93. The smallest absolute Gasteiger partial charge is 0.254 e. The van der Waals surface area contributed by atoms with Crippen LogP contribution in [-0.4, -0.2) is 30.3 Å². The lowest BCUT2D eigenvalue weighted by atomic mass is 10.2. The molecule has 6 nitrogen and oxygen atoms in total. The van der Waals surface area contributed by atoms with Crippen LogP contribution >= 0.6 is 0 Å². The van der Waals surface area contributed by atoms with Gasteiger partial charge in [-0.1, -0.05) is 0 Å². The Labute approximate surface area is 110 Å². The lowest BCUT2D eigenvalue weighted by Crippen LogP contribution is -2.22. The summed E-state index contributed by atoms with van der Waals surface area (Å²) in [6.45, 7) is 0.372. The minimum absolute atomic E-state index is 0.188. The molecule has 0 saturated carbocycles. The molecule has 100 valence electrons. The van der Waals surface area contributed by atoms with Crippen molar-refractivity contribution < 1.29 is 14.3 Å². The number of aromatic amines is 1. The molecule has 2 rings (SSSR count). The van der Waals surface area contributed by atoms with E-state index in [4.69, 9.17) is 9.47 Å². The number of H-pyrrole nitrogens is 1. The largest absolute Gasteiger partial charge is 0.497 e. The first kappa shape index (κ1) is 12.9. The van der Waals surface area contributed by atoms with Gasteiger partial charge in [-0.3, -0.25) is 9.89 Å². The molecule has 19 heavy (non-hydrogen) atoms. The van der Waals surface area contributed by atoms with Gasteiger partial charge in [0.15, 0.2) is 0 Å². The fourth-order valence-corrected chi connectivity index (χ4v) is 1.65. The number of benzene rings is 1. The van der Waals surface area contributed by atoms with Crippen molar-refractivity contribution in [2.45, 2.75) is 6.54 Å². The quantitative estimate of drug-likeness (QED) is 0.852. The Bertz CT molecular complexity index is 552. The molecule has 2 aromatic rings. The second-order valence-electron chi connectivity index (χ2n) is 3.85.